The van der Waals surface area contributed by atoms with Crippen LogP contribution in [-0.2, 0) is 16.1 Å². The molecule has 0 aliphatic rings. The predicted octanol–water partition coefficient (Wildman–Crippen LogP) is 2.89. The van der Waals surface area contributed by atoms with E-state index in [1.165, 1.54) is 24.3 Å². The van der Waals surface area contributed by atoms with Crippen molar-refractivity contribution in [3.8, 4) is 0 Å². The second-order valence-electron chi connectivity index (χ2n) is 5.67. The van der Waals surface area contributed by atoms with E-state index in [0.29, 0.717) is 12.2 Å². The van der Waals surface area contributed by atoms with Crippen molar-refractivity contribution < 1.29 is 14.0 Å². The highest BCUT2D eigenvalue weighted by Gasteiger charge is 2.13. The van der Waals surface area contributed by atoms with Crippen molar-refractivity contribution in [2.75, 3.05) is 5.32 Å². The number of anilines is 1. The Bertz CT molecular complexity index is 674. The summed E-state index contributed by atoms with van der Waals surface area (Å²) in [5.74, 6) is -0.783. The first-order chi connectivity index (χ1) is 11.5. The Balaban J connectivity index is 1.71. The van der Waals surface area contributed by atoms with Crippen LogP contribution in [0.5, 0.6) is 0 Å². The molecule has 24 heavy (non-hydrogen) atoms. The summed E-state index contributed by atoms with van der Waals surface area (Å²) < 4.78 is 12.8. The zero-order valence-electron chi connectivity index (χ0n) is 13.5. The minimum absolute atomic E-state index is 0.103. The normalized spacial score (nSPS) is 11.6. The van der Waals surface area contributed by atoms with Crippen LogP contribution in [0.2, 0.25) is 0 Å². The van der Waals surface area contributed by atoms with E-state index in [1.54, 1.807) is 6.20 Å². The molecule has 2 aromatic rings. The van der Waals surface area contributed by atoms with Crippen LogP contribution < -0.4 is 10.6 Å². The molecular formula is C18H20FN3O2. The quantitative estimate of drug-likeness (QED) is 0.820. The third kappa shape index (κ3) is 6.16. The zero-order chi connectivity index (χ0) is 17.4. The summed E-state index contributed by atoms with van der Waals surface area (Å²) in [6, 6.07) is 11.1. The highest BCUT2D eigenvalue weighted by Crippen LogP contribution is 2.12. The third-order valence-electron chi connectivity index (χ3n) is 3.39. The number of nitrogens with zero attached hydrogens (tertiary/aromatic N) is 1. The summed E-state index contributed by atoms with van der Waals surface area (Å²) in [7, 11) is 0. The van der Waals surface area contributed by atoms with Crippen molar-refractivity contribution in [2.45, 2.75) is 26.3 Å². The Hall–Kier alpha value is -2.76. The molecule has 2 amide bonds. The average molecular weight is 329 g/mol. The SMILES string of the molecule is C[C@H](CC(=O)NCc1ccccn1)CC(=O)Nc1ccc(F)cc1. The van der Waals surface area contributed by atoms with Crippen LogP contribution in [0.3, 0.4) is 0 Å². The maximum absolute atomic E-state index is 12.8. The fraction of sp³-hybridized carbons (Fsp3) is 0.278. The number of hydrogen-bond donors (Lipinski definition) is 2. The molecule has 0 radical (unpaired) electrons. The van der Waals surface area contributed by atoms with E-state index in [4.69, 9.17) is 0 Å². The van der Waals surface area contributed by atoms with Crippen molar-refractivity contribution in [2.24, 2.45) is 5.92 Å². The molecule has 0 unspecified atom stereocenters. The largest absolute Gasteiger partial charge is 0.350 e. The zero-order valence-corrected chi connectivity index (χ0v) is 13.5. The van der Waals surface area contributed by atoms with Gasteiger partial charge in [0.25, 0.3) is 0 Å². The van der Waals surface area contributed by atoms with Crippen molar-refractivity contribution in [3.05, 3.63) is 60.2 Å². The number of amides is 2. The number of nitrogens with one attached hydrogen (secondary N) is 2. The van der Waals surface area contributed by atoms with Crippen LogP contribution in [0.15, 0.2) is 48.7 Å². The number of carbonyl (C=O) groups is 2. The molecule has 5 nitrogen and oxygen atoms in total. The maximum atomic E-state index is 12.8. The smallest absolute Gasteiger partial charge is 0.224 e. The van der Waals surface area contributed by atoms with Gasteiger partial charge in [-0.2, -0.15) is 0 Å². The molecule has 0 fully saturated rings. The summed E-state index contributed by atoms with van der Waals surface area (Å²) in [6.07, 6.45) is 2.14. The van der Waals surface area contributed by atoms with Gasteiger partial charge in [-0.25, -0.2) is 4.39 Å². The fourth-order valence-electron chi connectivity index (χ4n) is 2.21. The second kappa shape index (κ2) is 8.76. The molecule has 1 aromatic carbocycles. The first-order valence-corrected chi connectivity index (χ1v) is 7.75. The van der Waals surface area contributed by atoms with E-state index in [2.05, 4.69) is 15.6 Å². The second-order valence-corrected chi connectivity index (χ2v) is 5.67. The minimum atomic E-state index is -0.356. The van der Waals surface area contributed by atoms with E-state index < -0.39 is 0 Å². The Morgan fingerprint density at radius 2 is 1.79 bits per heavy atom. The monoisotopic (exact) mass is 329 g/mol. The number of aromatic nitrogens is 1. The Morgan fingerprint density at radius 1 is 1.08 bits per heavy atom. The van der Waals surface area contributed by atoms with Crippen LogP contribution in [0.4, 0.5) is 10.1 Å². The van der Waals surface area contributed by atoms with Gasteiger partial charge in [-0.05, 0) is 42.3 Å². The number of hydrogen-bond acceptors (Lipinski definition) is 3. The van der Waals surface area contributed by atoms with Crippen LogP contribution in [0, 0.1) is 11.7 Å². The number of benzene rings is 1. The van der Waals surface area contributed by atoms with Gasteiger partial charge in [0.05, 0.1) is 12.2 Å². The standard InChI is InChI=1S/C18H20FN3O2/c1-13(10-17(23)21-12-16-4-2-3-9-20-16)11-18(24)22-15-7-5-14(19)6-8-15/h2-9,13H,10-12H2,1H3,(H,21,23)(H,22,24)/t13-/m1/s1. The molecule has 0 aliphatic heterocycles. The fourth-order valence-corrected chi connectivity index (χ4v) is 2.21. The van der Waals surface area contributed by atoms with Crippen molar-refractivity contribution >= 4 is 17.5 Å². The van der Waals surface area contributed by atoms with E-state index in [0.717, 1.165) is 5.69 Å². The van der Waals surface area contributed by atoms with E-state index in [1.807, 2.05) is 25.1 Å². The maximum Gasteiger partial charge on any atom is 0.224 e. The summed E-state index contributed by atoms with van der Waals surface area (Å²) in [5.41, 5.74) is 1.32. The molecule has 0 saturated heterocycles. The Morgan fingerprint density at radius 3 is 2.46 bits per heavy atom. The molecule has 1 heterocycles. The van der Waals surface area contributed by atoms with E-state index in [-0.39, 0.29) is 36.4 Å². The molecule has 126 valence electrons. The van der Waals surface area contributed by atoms with Crippen LogP contribution in [0.1, 0.15) is 25.5 Å². The highest BCUT2D eigenvalue weighted by molar-refractivity contribution is 5.91. The highest BCUT2D eigenvalue weighted by atomic mass is 19.1. The Kier molecular flexibility index (Phi) is 6.42. The van der Waals surface area contributed by atoms with Crippen molar-refractivity contribution in [3.63, 3.8) is 0 Å². The topological polar surface area (TPSA) is 71.1 Å². The lowest BCUT2D eigenvalue weighted by Gasteiger charge is -2.12. The van der Waals surface area contributed by atoms with E-state index >= 15 is 0 Å². The predicted molar refractivity (Wildman–Crippen MR) is 89.5 cm³/mol. The van der Waals surface area contributed by atoms with Gasteiger partial charge < -0.3 is 10.6 Å². The lowest BCUT2D eigenvalue weighted by molar-refractivity contribution is -0.122. The molecule has 0 bridgehead atoms. The van der Waals surface area contributed by atoms with Gasteiger partial charge in [-0.3, -0.25) is 14.6 Å². The first kappa shape index (κ1) is 17.6. The van der Waals surface area contributed by atoms with Gasteiger partial charge in [-0.15, -0.1) is 0 Å². The molecule has 0 aliphatic carbocycles. The molecule has 1 aromatic heterocycles. The number of halogens is 1. The molecule has 2 N–H and O–H groups in total. The molecule has 0 spiro atoms. The number of pyridine rings is 1. The summed E-state index contributed by atoms with van der Waals surface area (Å²) in [6.45, 7) is 2.21. The van der Waals surface area contributed by atoms with Gasteiger partial charge in [0.15, 0.2) is 0 Å². The molecule has 2 rings (SSSR count). The summed E-state index contributed by atoms with van der Waals surface area (Å²) in [4.78, 5) is 27.9. The number of carbonyl (C=O) groups excluding carboxylic acids is 2. The molecular weight excluding hydrogens is 309 g/mol. The molecule has 6 heteroatoms. The van der Waals surface area contributed by atoms with Crippen LogP contribution in [-0.4, -0.2) is 16.8 Å². The molecule has 0 saturated carbocycles. The third-order valence-corrected chi connectivity index (χ3v) is 3.39. The number of rotatable bonds is 7. The van der Waals surface area contributed by atoms with E-state index in [9.17, 15) is 14.0 Å². The summed E-state index contributed by atoms with van der Waals surface area (Å²) >= 11 is 0. The van der Waals surface area contributed by atoms with Gasteiger partial charge in [0, 0.05) is 24.7 Å². The summed E-state index contributed by atoms with van der Waals surface area (Å²) in [5, 5.41) is 5.47. The molecule has 1 atom stereocenters. The lowest BCUT2D eigenvalue weighted by Crippen LogP contribution is -2.26. The van der Waals surface area contributed by atoms with Crippen LogP contribution in [0.25, 0.3) is 0 Å². The van der Waals surface area contributed by atoms with Gasteiger partial charge >= 0.3 is 0 Å². The Labute approximate surface area is 140 Å². The average Bonchev–Trinajstić information content (AvgIpc) is 2.56. The minimum Gasteiger partial charge on any atom is -0.350 e. The lowest BCUT2D eigenvalue weighted by atomic mass is 10.0. The van der Waals surface area contributed by atoms with Crippen molar-refractivity contribution in [1.82, 2.24) is 10.3 Å². The van der Waals surface area contributed by atoms with Crippen molar-refractivity contribution in [1.29, 1.82) is 0 Å². The van der Waals surface area contributed by atoms with Gasteiger partial charge in [0.2, 0.25) is 11.8 Å². The van der Waals surface area contributed by atoms with Gasteiger partial charge in [-0.1, -0.05) is 13.0 Å². The first-order valence-electron chi connectivity index (χ1n) is 7.75. The van der Waals surface area contributed by atoms with Crippen LogP contribution >= 0.6 is 0 Å². The van der Waals surface area contributed by atoms with Gasteiger partial charge in [0.1, 0.15) is 5.82 Å².